The molecule has 2 aromatic rings. The normalized spacial score (nSPS) is 15.7. The minimum atomic E-state index is -0.331. The molecule has 0 spiro atoms. The first-order valence-electron chi connectivity index (χ1n) is 7.91. The van der Waals surface area contributed by atoms with Gasteiger partial charge in [-0.25, -0.2) is 4.79 Å². The third-order valence-electron chi connectivity index (χ3n) is 4.41. The average Bonchev–Trinajstić information content (AvgIpc) is 2.94. The molecule has 2 aromatic carbocycles. The van der Waals surface area contributed by atoms with Crippen LogP contribution in [0.1, 0.15) is 23.5 Å². The van der Waals surface area contributed by atoms with Crippen LogP contribution in [0.2, 0.25) is 0 Å². The van der Waals surface area contributed by atoms with Crippen molar-refractivity contribution in [3.63, 3.8) is 0 Å². The van der Waals surface area contributed by atoms with Crippen LogP contribution in [0.4, 0.5) is 0 Å². The second kappa shape index (κ2) is 5.84. The predicted octanol–water partition coefficient (Wildman–Crippen LogP) is 3.74. The Hall–Kier alpha value is -2.68. The van der Waals surface area contributed by atoms with Crippen molar-refractivity contribution in [2.45, 2.75) is 12.3 Å². The summed E-state index contributed by atoms with van der Waals surface area (Å²) in [5.41, 5.74) is 5.35. The van der Waals surface area contributed by atoms with Gasteiger partial charge in [0.2, 0.25) is 0 Å². The second-order valence-electron chi connectivity index (χ2n) is 5.78. The van der Waals surface area contributed by atoms with Gasteiger partial charge in [-0.3, -0.25) is 4.99 Å². The van der Waals surface area contributed by atoms with Crippen molar-refractivity contribution in [3.05, 3.63) is 71.8 Å². The topological polar surface area (TPSA) is 38.7 Å². The molecule has 4 rings (SSSR count). The summed E-state index contributed by atoms with van der Waals surface area (Å²) in [6.07, 6.45) is 4.60. The molecule has 0 unspecified atom stereocenters. The maximum atomic E-state index is 12.2. The minimum Gasteiger partial charge on any atom is -0.460 e. The fourth-order valence-electron chi connectivity index (χ4n) is 3.31. The average molecular weight is 303 g/mol. The van der Waals surface area contributed by atoms with Crippen molar-refractivity contribution in [2.24, 2.45) is 4.99 Å². The summed E-state index contributed by atoms with van der Waals surface area (Å²) in [5, 5.41) is 0. The lowest BCUT2D eigenvalue weighted by Crippen LogP contribution is -2.20. The number of ether oxygens (including phenoxy) is 1. The van der Waals surface area contributed by atoms with E-state index in [1.807, 2.05) is 30.3 Å². The summed E-state index contributed by atoms with van der Waals surface area (Å²) in [6.45, 7) is 1.01. The molecule has 2 aliphatic rings. The highest BCUT2D eigenvalue weighted by atomic mass is 16.5. The Morgan fingerprint density at radius 1 is 1.04 bits per heavy atom. The van der Waals surface area contributed by atoms with E-state index in [1.165, 1.54) is 22.3 Å². The van der Waals surface area contributed by atoms with E-state index < -0.39 is 0 Å². The standard InChI is InChI=1S/C20H17NO2/c22-20(19-11-5-6-12-21-19)23-13-18-16-9-3-1-7-14(16)15-8-2-4-10-17(15)18/h1-5,7-11,18H,6,12-13H2. The zero-order chi connectivity index (χ0) is 15.6. The van der Waals surface area contributed by atoms with Gasteiger partial charge in [0.25, 0.3) is 0 Å². The lowest BCUT2D eigenvalue weighted by atomic mass is 9.98. The second-order valence-corrected chi connectivity index (χ2v) is 5.78. The largest absolute Gasteiger partial charge is 0.460 e. The van der Waals surface area contributed by atoms with Crippen molar-refractivity contribution in [3.8, 4) is 11.1 Å². The van der Waals surface area contributed by atoms with Crippen LogP contribution in [0.25, 0.3) is 11.1 Å². The van der Waals surface area contributed by atoms with Crippen LogP contribution in [-0.2, 0) is 9.53 Å². The van der Waals surface area contributed by atoms with E-state index in [1.54, 1.807) is 6.08 Å². The Kier molecular flexibility index (Phi) is 3.54. The number of carbonyl (C=O) groups excluding carboxylic acids is 1. The van der Waals surface area contributed by atoms with Crippen molar-refractivity contribution >= 4 is 11.7 Å². The maximum absolute atomic E-state index is 12.2. The number of hydrogen-bond donors (Lipinski definition) is 0. The van der Waals surface area contributed by atoms with E-state index >= 15 is 0 Å². The molecule has 23 heavy (non-hydrogen) atoms. The predicted molar refractivity (Wildman–Crippen MR) is 90.7 cm³/mol. The minimum absolute atomic E-state index is 0.0968. The fourth-order valence-corrected chi connectivity index (χ4v) is 3.31. The van der Waals surface area contributed by atoms with Gasteiger partial charge in [-0.1, -0.05) is 54.6 Å². The lowest BCUT2D eigenvalue weighted by molar-refractivity contribution is -0.135. The third kappa shape index (κ3) is 2.48. The molecule has 1 aliphatic carbocycles. The first-order valence-corrected chi connectivity index (χ1v) is 7.91. The molecule has 3 nitrogen and oxygen atoms in total. The number of dihydropyridines is 1. The Morgan fingerprint density at radius 2 is 1.70 bits per heavy atom. The Morgan fingerprint density at radius 3 is 2.30 bits per heavy atom. The number of nitrogens with zero attached hydrogens (tertiary/aromatic N) is 1. The van der Waals surface area contributed by atoms with Gasteiger partial charge >= 0.3 is 5.97 Å². The summed E-state index contributed by atoms with van der Waals surface area (Å²) < 4.78 is 5.56. The van der Waals surface area contributed by atoms with Crippen LogP contribution in [0, 0.1) is 0 Å². The number of esters is 1. The van der Waals surface area contributed by atoms with Crippen LogP contribution >= 0.6 is 0 Å². The molecule has 0 radical (unpaired) electrons. The zero-order valence-electron chi connectivity index (χ0n) is 12.7. The van der Waals surface area contributed by atoms with E-state index in [0.29, 0.717) is 18.9 Å². The summed E-state index contributed by atoms with van der Waals surface area (Å²) in [4.78, 5) is 16.4. The molecule has 0 atom stereocenters. The molecule has 3 heteroatoms. The maximum Gasteiger partial charge on any atom is 0.356 e. The van der Waals surface area contributed by atoms with Gasteiger partial charge in [-0.2, -0.15) is 0 Å². The van der Waals surface area contributed by atoms with Gasteiger partial charge in [0.05, 0.1) is 0 Å². The Bertz CT molecular complexity index is 774. The zero-order valence-corrected chi connectivity index (χ0v) is 12.7. The van der Waals surface area contributed by atoms with Gasteiger partial charge in [0.15, 0.2) is 0 Å². The van der Waals surface area contributed by atoms with E-state index in [4.69, 9.17) is 4.74 Å². The summed E-state index contributed by atoms with van der Waals surface area (Å²) in [5.74, 6) is -0.234. The van der Waals surface area contributed by atoms with Crippen LogP contribution < -0.4 is 0 Å². The number of aliphatic imine (C=N–C) groups is 1. The molecule has 0 fully saturated rings. The SMILES string of the molecule is O=C(OCC1c2ccccc2-c2ccccc21)C1=NCCC=C1. The highest BCUT2D eigenvalue weighted by Crippen LogP contribution is 2.44. The van der Waals surface area contributed by atoms with Gasteiger partial charge < -0.3 is 4.74 Å². The molecule has 1 aliphatic heterocycles. The first kappa shape index (κ1) is 13.9. The lowest BCUT2D eigenvalue weighted by Gasteiger charge is -2.14. The van der Waals surface area contributed by atoms with Crippen molar-refractivity contribution in [2.75, 3.05) is 13.2 Å². The van der Waals surface area contributed by atoms with Gasteiger partial charge in [-0.15, -0.1) is 0 Å². The van der Waals surface area contributed by atoms with E-state index in [-0.39, 0.29) is 11.9 Å². The van der Waals surface area contributed by atoms with Gasteiger partial charge in [0, 0.05) is 12.5 Å². The molecule has 0 bridgehead atoms. The molecule has 0 N–H and O–H groups in total. The molecule has 0 saturated heterocycles. The van der Waals surface area contributed by atoms with Crippen LogP contribution in [0.15, 0.2) is 65.7 Å². The molecule has 0 amide bonds. The highest BCUT2D eigenvalue weighted by molar-refractivity contribution is 6.41. The smallest absolute Gasteiger partial charge is 0.356 e. The fraction of sp³-hybridized carbons (Fsp3) is 0.200. The summed E-state index contributed by atoms with van der Waals surface area (Å²) in [6, 6.07) is 16.7. The van der Waals surface area contributed by atoms with Crippen molar-refractivity contribution in [1.29, 1.82) is 0 Å². The molecular formula is C20H17NO2. The number of hydrogen-bond acceptors (Lipinski definition) is 3. The van der Waals surface area contributed by atoms with Crippen LogP contribution in [0.3, 0.4) is 0 Å². The summed E-state index contributed by atoms with van der Waals surface area (Å²) in [7, 11) is 0. The van der Waals surface area contributed by atoms with Crippen molar-refractivity contribution < 1.29 is 9.53 Å². The highest BCUT2D eigenvalue weighted by Gasteiger charge is 2.29. The Labute approximate surface area is 135 Å². The molecular weight excluding hydrogens is 286 g/mol. The monoisotopic (exact) mass is 303 g/mol. The van der Waals surface area contributed by atoms with Gasteiger partial charge in [-0.05, 0) is 34.8 Å². The Balaban J connectivity index is 1.58. The third-order valence-corrected chi connectivity index (χ3v) is 4.41. The van der Waals surface area contributed by atoms with E-state index in [9.17, 15) is 4.79 Å². The van der Waals surface area contributed by atoms with Crippen LogP contribution in [0.5, 0.6) is 0 Å². The van der Waals surface area contributed by atoms with Crippen molar-refractivity contribution in [1.82, 2.24) is 0 Å². The molecule has 1 heterocycles. The number of rotatable bonds is 3. The van der Waals surface area contributed by atoms with Gasteiger partial charge in [0.1, 0.15) is 12.3 Å². The van der Waals surface area contributed by atoms with E-state index in [2.05, 4.69) is 29.3 Å². The quantitative estimate of drug-likeness (QED) is 0.810. The van der Waals surface area contributed by atoms with E-state index in [0.717, 1.165) is 6.42 Å². The molecule has 0 saturated carbocycles. The molecule has 0 aromatic heterocycles. The van der Waals surface area contributed by atoms with Crippen LogP contribution in [-0.4, -0.2) is 24.8 Å². The summed E-state index contributed by atoms with van der Waals surface area (Å²) >= 11 is 0. The number of fused-ring (bicyclic) bond motifs is 3. The molecule has 114 valence electrons. The first-order chi connectivity index (χ1) is 11.3. The number of carbonyl (C=O) groups is 1. The number of benzene rings is 2.